The monoisotopic (exact) mass is 273 g/mol. The molecule has 0 atom stereocenters. The molecule has 2 aliphatic rings. The maximum absolute atomic E-state index is 12.4. The van der Waals surface area contributed by atoms with Crippen molar-refractivity contribution in [2.45, 2.75) is 26.2 Å². The predicted molar refractivity (Wildman–Crippen MR) is 74.2 cm³/mol. The molecule has 1 aromatic heterocycles. The normalized spacial score (nSPS) is 21.1. The van der Waals surface area contributed by atoms with Gasteiger partial charge in [-0.25, -0.2) is 0 Å². The number of piperidine rings is 1. The lowest BCUT2D eigenvalue weighted by molar-refractivity contribution is -0.119. The standard InChI is InChI=1S/C15H19N3O2/c1-11-2-3-12(9-16-11)14(20)18-6-4-15(5-7-18)8-13(19)17-10-15/h2-3,9H,4-8,10H2,1H3,(H,17,19). The summed E-state index contributed by atoms with van der Waals surface area (Å²) in [6, 6.07) is 3.69. The number of nitrogens with one attached hydrogen (secondary N) is 1. The zero-order valence-electron chi connectivity index (χ0n) is 11.7. The molecule has 5 heteroatoms. The van der Waals surface area contributed by atoms with Gasteiger partial charge in [0.2, 0.25) is 5.91 Å². The second-order valence-corrected chi connectivity index (χ2v) is 5.93. The average molecular weight is 273 g/mol. The van der Waals surface area contributed by atoms with Gasteiger partial charge in [0.1, 0.15) is 0 Å². The first-order valence-electron chi connectivity index (χ1n) is 7.07. The highest BCUT2D eigenvalue weighted by Gasteiger charge is 2.41. The van der Waals surface area contributed by atoms with Crippen LogP contribution in [0.1, 0.15) is 35.3 Å². The number of carbonyl (C=O) groups is 2. The van der Waals surface area contributed by atoms with E-state index in [9.17, 15) is 9.59 Å². The van der Waals surface area contributed by atoms with Crippen LogP contribution in [-0.2, 0) is 4.79 Å². The summed E-state index contributed by atoms with van der Waals surface area (Å²) in [6.07, 6.45) is 4.05. The highest BCUT2D eigenvalue weighted by Crippen LogP contribution is 2.37. The molecule has 0 aliphatic carbocycles. The number of carbonyl (C=O) groups excluding carboxylic acids is 2. The summed E-state index contributed by atoms with van der Waals surface area (Å²) in [6.45, 7) is 4.12. The first-order chi connectivity index (χ1) is 9.58. The van der Waals surface area contributed by atoms with Crippen LogP contribution in [0.5, 0.6) is 0 Å². The molecule has 1 N–H and O–H groups in total. The van der Waals surface area contributed by atoms with Crippen LogP contribution >= 0.6 is 0 Å². The lowest BCUT2D eigenvalue weighted by Gasteiger charge is -2.38. The van der Waals surface area contributed by atoms with E-state index in [1.807, 2.05) is 24.0 Å². The minimum atomic E-state index is 0.0460. The molecule has 0 aromatic carbocycles. The fourth-order valence-corrected chi connectivity index (χ4v) is 3.07. The zero-order valence-corrected chi connectivity index (χ0v) is 11.7. The van der Waals surface area contributed by atoms with Crippen molar-refractivity contribution in [3.63, 3.8) is 0 Å². The highest BCUT2D eigenvalue weighted by molar-refractivity contribution is 5.94. The molecule has 1 spiro atoms. The summed E-state index contributed by atoms with van der Waals surface area (Å²) in [5, 5.41) is 2.91. The molecular weight excluding hydrogens is 254 g/mol. The molecule has 2 fully saturated rings. The summed E-state index contributed by atoms with van der Waals surface area (Å²) < 4.78 is 0. The maximum atomic E-state index is 12.4. The van der Waals surface area contributed by atoms with Gasteiger partial charge in [0.05, 0.1) is 5.56 Å². The number of hydrogen-bond acceptors (Lipinski definition) is 3. The summed E-state index contributed by atoms with van der Waals surface area (Å²) in [5.74, 6) is 0.192. The van der Waals surface area contributed by atoms with Gasteiger partial charge in [0, 0.05) is 37.9 Å². The molecule has 0 radical (unpaired) electrons. The van der Waals surface area contributed by atoms with Crippen molar-refractivity contribution < 1.29 is 9.59 Å². The Morgan fingerprint density at radius 3 is 2.65 bits per heavy atom. The Balaban J connectivity index is 1.64. The van der Waals surface area contributed by atoms with E-state index < -0.39 is 0 Å². The van der Waals surface area contributed by atoms with Crippen LogP contribution < -0.4 is 5.32 Å². The first kappa shape index (κ1) is 13.1. The van der Waals surface area contributed by atoms with E-state index in [0.717, 1.165) is 38.2 Å². The highest BCUT2D eigenvalue weighted by atomic mass is 16.2. The molecule has 2 saturated heterocycles. The fourth-order valence-electron chi connectivity index (χ4n) is 3.07. The second kappa shape index (κ2) is 4.89. The van der Waals surface area contributed by atoms with Gasteiger partial charge in [-0.05, 0) is 37.3 Å². The van der Waals surface area contributed by atoms with Crippen molar-refractivity contribution in [3.05, 3.63) is 29.6 Å². The average Bonchev–Trinajstić information content (AvgIpc) is 2.81. The Morgan fingerprint density at radius 2 is 2.10 bits per heavy atom. The molecule has 20 heavy (non-hydrogen) atoms. The minimum Gasteiger partial charge on any atom is -0.356 e. The van der Waals surface area contributed by atoms with Gasteiger partial charge in [-0.3, -0.25) is 14.6 Å². The van der Waals surface area contributed by atoms with E-state index in [1.54, 1.807) is 6.20 Å². The van der Waals surface area contributed by atoms with Gasteiger partial charge in [0.25, 0.3) is 5.91 Å². The van der Waals surface area contributed by atoms with Crippen LogP contribution in [0.25, 0.3) is 0 Å². The third-order valence-electron chi connectivity index (χ3n) is 4.47. The minimum absolute atomic E-state index is 0.0460. The number of likely N-dealkylation sites (tertiary alicyclic amines) is 1. The van der Waals surface area contributed by atoms with Crippen molar-refractivity contribution in [2.75, 3.05) is 19.6 Å². The largest absolute Gasteiger partial charge is 0.356 e. The molecule has 0 bridgehead atoms. The number of aromatic nitrogens is 1. The van der Waals surface area contributed by atoms with Crippen molar-refractivity contribution in [2.24, 2.45) is 5.41 Å². The van der Waals surface area contributed by atoms with Crippen LogP contribution in [0.15, 0.2) is 18.3 Å². The second-order valence-electron chi connectivity index (χ2n) is 5.93. The third kappa shape index (κ3) is 2.40. The van der Waals surface area contributed by atoms with Crippen molar-refractivity contribution in [1.82, 2.24) is 15.2 Å². The topological polar surface area (TPSA) is 62.3 Å². The molecular formula is C15H19N3O2. The van der Waals surface area contributed by atoms with Crippen molar-refractivity contribution >= 4 is 11.8 Å². The molecule has 2 amide bonds. The summed E-state index contributed by atoms with van der Waals surface area (Å²) in [5.41, 5.74) is 1.64. The summed E-state index contributed by atoms with van der Waals surface area (Å²) >= 11 is 0. The molecule has 3 rings (SSSR count). The van der Waals surface area contributed by atoms with E-state index in [-0.39, 0.29) is 17.2 Å². The van der Waals surface area contributed by atoms with E-state index in [4.69, 9.17) is 0 Å². The van der Waals surface area contributed by atoms with Gasteiger partial charge in [-0.2, -0.15) is 0 Å². The van der Waals surface area contributed by atoms with E-state index >= 15 is 0 Å². The summed E-state index contributed by atoms with van der Waals surface area (Å²) in [7, 11) is 0. The maximum Gasteiger partial charge on any atom is 0.255 e. The first-order valence-corrected chi connectivity index (χ1v) is 7.07. The number of hydrogen-bond donors (Lipinski definition) is 1. The molecule has 3 heterocycles. The fraction of sp³-hybridized carbons (Fsp3) is 0.533. The van der Waals surface area contributed by atoms with E-state index in [2.05, 4.69) is 10.3 Å². The van der Waals surface area contributed by atoms with Gasteiger partial charge in [-0.1, -0.05) is 0 Å². The Kier molecular flexibility index (Phi) is 3.20. The lowest BCUT2D eigenvalue weighted by Crippen LogP contribution is -2.44. The Morgan fingerprint density at radius 1 is 1.35 bits per heavy atom. The number of rotatable bonds is 1. The van der Waals surface area contributed by atoms with Crippen molar-refractivity contribution in [1.29, 1.82) is 0 Å². The quantitative estimate of drug-likeness (QED) is 0.834. The van der Waals surface area contributed by atoms with Crippen LogP contribution in [0.4, 0.5) is 0 Å². The molecule has 106 valence electrons. The Bertz CT molecular complexity index is 531. The van der Waals surface area contributed by atoms with Crippen LogP contribution in [-0.4, -0.2) is 41.3 Å². The van der Waals surface area contributed by atoms with Gasteiger partial charge >= 0.3 is 0 Å². The Hall–Kier alpha value is -1.91. The van der Waals surface area contributed by atoms with Gasteiger partial charge in [0.15, 0.2) is 0 Å². The van der Waals surface area contributed by atoms with E-state index in [0.29, 0.717) is 12.0 Å². The van der Waals surface area contributed by atoms with Gasteiger partial charge in [-0.15, -0.1) is 0 Å². The van der Waals surface area contributed by atoms with Crippen molar-refractivity contribution in [3.8, 4) is 0 Å². The van der Waals surface area contributed by atoms with Crippen LogP contribution in [0, 0.1) is 12.3 Å². The van der Waals surface area contributed by atoms with Crippen LogP contribution in [0.2, 0.25) is 0 Å². The van der Waals surface area contributed by atoms with E-state index in [1.165, 1.54) is 0 Å². The van der Waals surface area contributed by atoms with Crippen LogP contribution in [0.3, 0.4) is 0 Å². The van der Waals surface area contributed by atoms with Gasteiger partial charge < -0.3 is 10.2 Å². The molecule has 2 aliphatic heterocycles. The third-order valence-corrected chi connectivity index (χ3v) is 4.47. The number of pyridine rings is 1. The number of aryl methyl sites for hydroxylation is 1. The zero-order chi connectivity index (χ0) is 14.2. The molecule has 1 aromatic rings. The predicted octanol–water partition coefficient (Wildman–Crippen LogP) is 1.13. The number of amides is 2. The molecule has 0 unspecified atom stereocenters. The number of nitrogens with zero attached hydrogens (tertiary/aromatic N) is 2. The molecule has 5 nitrogen and oxygen atoms in total. The smallest absolute Gasteiger partial charge is 0.255 e. The SMILES string of the molecule is Cc1ccc(C(=O)N2CCC3(CC2)CNC(=O)C3)cn1. The Labute approximate surface area is 118 Å². The summed E-state index contributed by atoms with van der Waals surface area (Å²) in [4.78, 5) is 29.8. The molecule has 0 saturated carbocycles. The lowest BCUT2D eigenvalue weighted by atomic mass is 9.77.